The molecule has 0 heterocycles. The van der Waals surface area contributed by atoms with Crippen molar-refractivity contribution < 1.29 is 4.74 Å². The van der Waals surface area contributed by atoms with Crippen molar-refractivity contribution in [2.24, 2.45) is 11.7 Å². The van der Waals surface area contributed by atoms with Crippen molar-refractivity contribution in [2.75, 3.05) is 12.4 Å². The standard InChI is InChI=1S/C14H24N2O/c1-10(2)7-11(3)16-13-6-5-12(9-15)8-14(13)17-4/h5-6,8,10-11,16H,7,9,15H2,1-4H3. The van der Waals surface area contributed by atoms with Gasteiger partial charge >= 0.3 is 0 Å². The molecule has 3 N–H and O–H groups in total. The number of rotatable bonds is 6. The van der Waals surface area contributed by atoms with Crippen LogP contribution in [0.3, 0.4) is 0 Å². The number of nitrogens with two attached hydrogens (primary N) is 1. The zero-order chi connectivity index (χ0) is 12.8. The summed E-state index contributed by atoms with van der Waals surface area (Å²) in [4.78, 5) is 0. The van der Waals surface area contributed by atoms with Gasteiger partial charge in [0.25, 0.3) is 0 Å². The van der Waals surface area contributed by atoms with Crippen LogP contribution in [0.5, 0.6) is 5.75 Å². The van der Waals surface area contributed by atoms with Gasteiger partial charge < -0.3 is 15.8 Å². The Kier molecular flexibility index (Phi) is 5.29. The topological polar surface area (TPSA) is 47.3 Å². The van der Waals surface area contributed by atoms with Crippen molar-refractivity contribution in [2.45, 2.75) is 39.8 Å². The van der Waals surface area contributed by atoms with Crippen LogP contribution in [0, 0.1) is 5.92 Å². The molecule has 0 fully saturated rings. The SMILES string of the molecule is COc1cc(CN)ccc1NC(C)CC(C)C. The van der Waals surface area contributed by atoms with E-state index in [2.05, 4.69) is 26.1 Å². The highest BCUT2D eigenvalue weighted by molar-refractivity contribution is 5.58. The molecule has 1 aromatic carbocycles. The van der Waals surface area contributed by atoms with Gasteiger partial charge in [-0.2, -0.15) is 0 Å². The Morgan fingerprint density at radius 3 is 2.53 bits per heavy atom. The summed E-state index contributed by atoms with van der Waals surface area (Å²) in [6.07, 6.45) is 1.14. The summed E-state index contributed by atoms with van der Waals surface area (Å²) in [6.45, 7) is 7.19. The number of hydrogen-bond acceptors (Lipinski definition) is 3. The predicted octanol–water partition coefficient (Wildman–Crippen LogP) is 3.00. The Morgan fingerprint density at radius 1 is 1.29 bits per heavy atom. The van der Waals surface area contributed by atoms with E-state index < -0.39 is 0 Å². The molecule has 3 nitrogen and oxygen atoms in total. The third kappa shape index (κ3) is 4.27. The summed E-state index contributed by atoms with van der Waals surface area (Å²) in [6, 6.07) is 6.50. The number of hydrogen-bond donors (Lipinski definition) is 2. The number of benzene rings is 1. The third-order valence-corrected chi connectivity index (χ3v) is 2.73. The normalized spacial score (nSPS) is 12.6. The van der Waals surface area contributed by atoms with E-state index in [1.165, 1.54) is 0 Å². The molecule has 0 aliphatic carbocycles. The molecule has 0 saturated carbocycles. The molecule has 0 aliphatic rings. The number of nitrogens with one attached hydrogen (secondary N) is 1. The Bertz CT molecular complexity index is 350. The van der Waals surface area contributed by atoms with Gasteiger partial charge in [-0.15, -0.1) is 0 Å². The summed E-state index contributed by atoms with van der Waals surface area (Å²) in [5.74, 6) is 1.55. The van der Waals surface area contributed by atoms with Crippen molar-refractivity contribution in [1.29, 1.82) is 0 Å². The molecule has 0 aromatic heterocycles. The highest BCUT2D eigenvalue weighted by Gasteiger charge is 2.09. The second kappa shape index (κ2) is 6.50. The van der Waals surface area contributed by atoms with Crippen LogP contribution in [0.4, 0.5) is 5.69 Å². The van der Waals surface area contributed by atoms with Gasteiger partial charge in [-0.1, -0.05) is 19.9 Å². The fourth-order valence-corrected chi connectivity index (χ4v) is 2.01. The first-order chi connectivity index (χ1) is 8.06. The minimum absolute atomic E-state index is 0.438. The molecule has 1 unspecified atom stereocenters. The van der Waals surface area contributed by atoms with E-state index >= 15 is 0 Å². The van der Waals surface area contributed by atoms with E-state index in [4.69, 9.17) is 10.5 Å². The van der Waals surface area contributed by atoms with Crippen LogP contribution in [0.15, 0.2) is 18.2 Å². The Morgan fingerprint density at radius 2 is 2.00 bits per heavy atom. The molecular weight excluding hydrogens is 212 g/mol. The molecule has 96 valence electrons. The largest absolute Gasteiger partial charge is 0.495 e. The second-order valence-corrected chi connectivity index (χ2v) is 4.91. The van der Waals surface area contributed by atoms with Gasteiger partial charge in [-0.3, -0.25) is 0 Å². The molecule has 0 spiro atoms. The fourth-order valence-electron chi connectivity index (χ4n) is 2.01. The lowest BCUT2D eigenvalue weighted by Crippen LogP contribution is -2.18. The maximum atomic E-state index is 5.61. The maximum absolute atomic E-state index is 5.61. The summed E-state index contributed by atoms with van der Waals surface area (Å²) in [5.41, 5.74) is 7.74. The zero-order valence-corrected chi connectivity index (χ0v) is 11.3. The molecule has 17 heavy (non-hydrogen) atoms. The van der Waals surface area contributed by atoms with Crippen LogP contribution < -0.4 is 15.8 Å². The van der Waals surface area contributed by atoms with Crippen molar-refractivity contribution in [3.05, 3.63) is 23.8 Å². The molecule has 1 atom stereocenters. The van der Waals surface area contributed by atoms with Gasteiger partial charge in [0.15, 0.2) is 0 Å². The first kappa shape index (κ1) is 13.8. The first-order valence-corrected chi connectivity index (χ1v) is 6.20. The average molecular weight is 236 g/mol. The number of ether oxygens (including phenoxy) is 1. The van der Waals surface area contributed by atoms with Crippen LogP contribution in [0.25, 0.3) is 0 Å². The monoisotopic (exact) mass is 236 g/mol. The summed E-state index contributed by atoms with van der Waals surface area (Å²) >= 11 is 0. The van der Waals surface area contributed by atoms with Crippen LogP contribution in [0.2, 0.25) is 0 Å². The lowest BCUT2D eigenvalue weighted by atomic mass is 10.0. The summed E-state index contributed by atoms with van der Waals surface area (Å²) < 4.78 is 5.38. The Hall–Kier alpha value is -1.22. The molecule has 0 saturated heterocycles. The third-order valence-electron chi connectivity index (χ3n) is 2.73. The lowest BCUT2D eigenvalue weighted by molar-refractivity contribution is 0.415. The van der Waals surface area contributed by atoms with Crippen LogP contribution in [0.1, 0.15) is 32.8 Å². The molecular formula is C14H24N2O. The average Bonchev–Trinajstić information content (AvgIpc) is 2.28. The molecule has 0 radical (unpaired) electrons. The smallest absolute Gasteiger partial charge is 0.142 e. The van der Waals surface area contributed by atoms with Gasteiger partial charge in [-0.25, -0.2) is 0 Å². The number of methoxy groups -OCH3 is 1. The van der Waals surface area contributed by atoms with Crippen LogP contribution in [-0.4, -0.2) is 13.2 Å². The summed E-state index contributed by atoms with van der Waals surface area (Å²) in [5, 5.41) is 3.48. The first-order valence-electron chi connectivity index (χ1n) is 6.20. The minimum atomic E-state index is 0.438. The molecule has 0 bridgehead atoms. The van der Waals surface area contributed by atoms with E-state index in [-0.39, 0.29) is 0 Å². The van der Waals surface area contributed by atoms with Crippen molar-refractivity contribution in [3.8, 4) is 5.75 Å². The molecule has 1 aromatic rings. The van der Waals surface area contributed by atoms with E-state index in [0.717, 1.165) is 23.4 Å². The second-order valence-electron chi connectivity index (χ2n) is 4.91. The van der Waals surface area contributed by atoms with Crippen LogP contribution >= 0.6 is 0 Å². The van der Waals surface area contributed by atoms with Gasteiger partial charge in [0.2, 0.25) is 0 Å². The highest BCUT2D eigenvalue weighted by Crippen LogP contribution is 2.26. The van der Waals surface area contributed by atoms with Crippen molar-refractivity contribution >= 4 is 5.69 Å². The number of anilines is 1. The Balaban J connectivity index is 2.76. The van der Waals surface area contributed by atoms with E-state index in [1.807, 2.05) is 18.2 Å². The minimum Gasteiger partial charge on any atom is -0.495 e. The van der Waals surface area contributed by atoms with Crippen molar-refractivity contribution in [3.63, 3.8) is 0 Å². The highest BCUT2D eigenvalue weighted by atomic mass is 16.5. The zero-order valence-electron chi connectivity index (χ0n) is 11.3. The molecule has 0 aliphatic heterocycles. The quantitative estimate of drug-likeness (QED) is 0.798. The van der Waals surface area contributed by atoms with Crippen LogP contribution in [-0.2, 0) is 6.54 Å². The Labute approximate surface area is 104 Å². The van der Waals surface area contributed by atoms with Gasteiger partial charge in [0.1, 0.15) is 5.75 Å². The van der Waals surface area contributed by atoms with Gasteiger partial charge in [0, 0.05) is 12.6 Å². The van der Waals surface area contributed by atoms with Crippen molar-refractivity contribution in [1.82, 2.24) is 0 Å². The van der Waals surface area contributed by atoms with Gasteiger partial charge in [-0.05, 0) is 37.0 Å². The van der Waals surface area contributed by atoms with Gasteiger partial charge in [0.05, 0.1) is 12.8 Å². The lowest BCUT2D eigenvalue weighted by Gasteiger charge is -2.19. The van der Waals surface area contributed by atoms with E-state index in [1.54, 1.807) is 7.11 Å². The van der Waals surface area contributed by atoms with E-state index in [9.17, 15) is 0 Å². The molecule has 1 rings (SSSR count). The fraction of sp³-hybridized carbons (Fsp3) is 0.571. The molecule has 0 amide bonds. The maximum Gasteiger partial charge on any atom is 0.142 e. The predicted molar refractivity (Wildman–Crippen MR) is 73.4 cm³/mol. The molecule has 3 heteroatoms. The van der Waals surface area contributed by atoms with E-state index in [0.29, 0.717) is 18.5 Å². The summed E-state index contributed by atoms with van der Waals surface area (Å²) in [7, 11) is 1.69.